The normalized spacial score (nSPS) is 31.7. The van der Waals surface area contributed by atoms with Crippen LogP contribution < -0.4 is 0 Å². The van der Waals surface area contributed by atoms with Crippen molar-refractivity contribution in [2.45, 2.75) is 63.8 Å². The van der Waals surface area contributed by atoms with E-state index in [2.05, 4.69) is 16.8 Å². The fourth-order valence-electron chi connectivity index (χ4n) is 4.07. The zero-order chi connectivity index (χ0) is 16.2. The second-order valence-electron chi connectivity index (χ2n) is 7.71. The molecule has 132 valence electrons. The van der Waals surface area contributed by atoms with E-state index >= 15 is 0 Å². The van der Waals surface area contributed by atoms with Gasteiger partial charge in [0.15, 0.2) is 0 Å². The summed E-state index contributed by atoms with van der Waals surface area (Å²) < 4.78 is 11.4. The van der Waals surface area contributed by atoms with E-state index in [0.717, 1.165) is 31.6 Å². The lowest BCUT2D eigenvalue weighted by atomic mass is 9.91. The lowest BCUT2D eigenvalue weighted by Gasteiger charge is -2.40. The number of hydrogen-bond acceptors (Lipinski definition) is 5. The molecule has 0 aromatic rings. The van der Waals surface area contributed by atoms with Gasteiger partial charge < -0.3 is 19.3 Å². The van der Waals surface area contributed by atoms with Crippen molar-refractivity contribution >= 4 is 5.97 Å². The Bertz CT molecular complexity index is 382. The average molecular weight is 324 g/mol. The maximum atomic E-state index is 10.9. The molecular formula is C18H32N2O3. The van der Waals surface area contributed by atoms with E-state index in [4.69, 9.17) is 9.47 Å². The van der Waals surface area contributed by atoms with Crippen molar-refractivity contribution in [2.24, 2.45) is 5.92 Å². The maximum Gasteiger partial charge on any atom is 0.302 e. The van der Waals surface area contributed by atoms with Crippen LogP contribution >= 0.6 is 0 Å². The summed E-state index contributed by atoms with van der Waals surface area (Å²) in [4.78, 5) is 16.0. The van der Waals surface area contributed by atoms with Crippen molar-refractivity contribution in [3.05, 3.63) is 0 Å². The highest BCUT2D eigenvalue weighted by Crippen LogP contribution is 2.30. The predicted octanol–water partition coefficient (Wildman–Crippen LogP) is 1.90. The van der Waals surface area contributed by atoms with Crippen LogP contribution in [0.1, 0.15) is 45.4 Å². The van der Waals surface area contributed by atoms with Crippen LogP contribution in [0.3, 0.4) is 0 Å². The summed E-state index contributed by atoms with van der Waals surface area (Å²) in [7, 11) is 2.23. The van der Waals surface area contributed by atoms with E-state index in [9.17, 15) is 4.79 Å². The van der Waals surface area contributed by atoms with Crippen LogP contribution in [-0.4, -0.2) is 73.9 Å². The van der Waals surface area contributed by atoms with Gasteiger partial charge in [0.2, 0.25) is 0 Å². The van der Waals surface area contributed by atoms with Crippen molar-refractivity contribution < 1.29 is 14.3 Å². The Hall–Kier alpha value is -0.650. The fraction of sp³-hybridized carbons (Fsp3) is 0.944. The molecule has 2 saturated heterocycles. The van der Waals surface area contributed by atoms with Crippen molar-refractivity contribution in [1.29, 1.82) is 0 Å². The molecule has 0 amide bonds. The molecule has 0 atom stereocenters. The van der Waals surface area contributed by atoms with E-state index in [-0.39, 0.29) is 12.1 Å². The number of carbonyl (C=O) groups is 1. The molecule has 0 N–H and O–H groups in total. The van der Waals surface area contributed by atoms with Gasteiger partial charge in [0.25, 0.3) is 0 Å². The zero-order valence-electron chi connectivity index (χ0n) is 14.7. The Morgan fingerprint density at radius 2 is 1.61 bits per heavy atom. The molecule has 2 heterocycles. The zero-order valence-corrected chi connectivity index (χ0v) is 14.7. The Morgan fingerprint density at radius 1 is 0.957 bits per heavy atom. The smallest absolute Gasteiger partial charge is 0.302 e. The highest BCUT2D eigenvalue weighted by atomic mass is 16.6. The van der Waals surface area contributed by atoms with Crippen molar-refractivity contribution in [2.75, 3.05) is 39.8 Å². The van der Waals surface area contributed by atoms with E-state index < -0.39 is 0 Å². The summed E-state index contributed by atoms with van der Waals surface area (Å²) in [5, 5.41) is 0. The molecule has 0 aromatic carbocycles. The first-order valence-electron chi connectivity index (χ1n) is 9.32. The van der Waals surface area contributed by atoms with Gasteiger partial charge in [-0.15, -0.1) is 0 Å². The van der Waals surface area contributed by atoms with Crippen LogP contribution in [0.15, 0.2) is 0 Å². The number of esters is 1. The molecule has 3 rings (SSSR count). The van der Waals surface area contributed by atoms with Crippen LogP contribution in [0.25, 0.3) is 0 Å². The minimum Gasteiger partial charge on any atom is -0.462 e. The summed E-state index contributed by atoms with van der Waals surface area (Å²) in [6, 6.07) is 0. The summed E-state index contributed by atoms with van der Waals surface area (Å²) in [6.45, 7) is 7.63. The quantitative estimate of drug-likeness (QED) is 0.723. The van der Waals surface area contributed by atoms with Gasteiger partial charge in [0, 0.05) is 39.4 Å². The summed E-state index contributed by atoms with van der Waals surface area (Å²) >= 11 is 0. The number of carbonyl (C=O) groups excluding carboxylic acids is 1. The lowest BCUT2D eigenvalue weighted by molar-refractivity contribution is -0.166. The van der Waals surface area contributed by atoms with Gasteiger partial charge in [-0.1, -0.05) is 0 Å². The molecule has 1 aliphatic carbocycles. The van der Waals surface area contributed by atoms with Gasteiger partial charge in [-0.25, -0.2) is 0 Å². The summed E-state index contributed by atoms with van der Waals surface area (Å²) in [5.41, 5.74) is 0. The molecule has 5 heteroatoms. The molecule has 0 bridgehead atoms. The standard InChI is InChI=1S/C18H32N2O3/c1-14(21)22-17-11-18(12-17)23-16-5-9-20(10-6-16)13-15-3-7-19(2)8-4-15/h15-18H,3-13H2,1-2H3/t17-,18-. The third-order valence-electron chi connectivity index (χ3n) is 5.66. The second-order valence-corrected chi connectivity index (χ2v) is 7.71. The van der Waals surface area contributed by atoms with Gasteiger partial charge in [-0.05, 0) is 51.7 Å². The number of piperidine rings is 2. The number of rotatable bonds is 5. The first-order chi connectivity index (χ1) is 11.1. The lowest BCUT2D eigenvalue weighted by Crippen LogP contribution is -2.45. The Balaban J connectivity index is 1.28. The minimum absolute atomic E-state index is 0.0991. The molecule has 3 aliphatic rings. The highest BCUT2D eigenvalue weighted by molar-refractivity contribution is 5.66. The summed E-state index contributed by atoms with van der Waals surface area (Å²) in [6.07, 6.45) is 7.60. The molecule has 5 nitrogen and oxygen atoms in total. The van der Waals surface area contributed by atoms with Crippen molar-refractivity contribution in [3.8, 4) is 0 Å². The fourth-order valence-corrected chi connectivity index (χ4v) is 4.07. The Kier molecular flexibility index (Phi) is 5.94. The minimum atomic E-state index is -0.171. The molecule has 0 aromatic heterocycles. The molecule has 2 aliphatic heterocycles. The second kappa shape index (κ2) is 7.95. The van der Waals surface area contributed by atoms with Gasteiger partial charge in [-0.2, -0.15) is 0 Å². The number of nitrogens with zero attached hydrogens (tertiary/aromatic N) is 2. The Morgan fingerprint density at radius 3 is 2.22 bits per heavy atom. The Labute approximate surface area is 140 Å². The van der Waals surface area contributed by atoms with Crippen LogP contribution in [0.4, 0.5) is 0 Å². The molecule has 0 spiro atoms. The first kappa shape index (κ1) is 17.2. The van der Waals surface area contributed by atoms with E-state index in [0.29, 0.717) is 12.2 Å². The monoisotopic (exact) mass is 324 g/mol. The SMILES string of the molecule is CC(=O)O[C@H]1C[C@H](OC2CCN(CC3CCN(C)CC3)CC2)C1. The number of hydrogen-bond donors (Lipinski definition) is 0. The molecule has 3 fully saturated rings. The topological polar surface area (TPSA) is 42.0 Å². The molecule has 23 heavy (non-hydrogen) atoms. The largest absolute Gasteiger partial charge is 0.462 e. The predicted molar refractivity (Wildman–Crippen MR) is 89.3 cm³/mol. The van der Waals surface area contributed by atoms with Crippen molar-refractivity contribution in [1.82, 2.24) is 9.80 Å². The van der Waals surface area contributed by atoms with Gasteiger partial charge in [0.1, 0.15) is 6.10 Å². The average Bonchev–Trinajstić information content (AvgIpc) is 2.49. The molecule has 0 radical (unpaired) electrons. The summed E-state index contributed by atoms with van der Waals surface area (Å²) in [5.74, 6) is 0.718. The number of ether oxygens (including phenoxy) is 2. The highest BCUT2D eigenvalue weighted by Gasteiger charge is 2.35. The van der Waals surface area contributed by atoms with Crippen LogP contribution in [0.2, 0.25) is 0 Å². The van der Waals surface area contributed by atoms with Crippen LogP contribution in [0, 0.1) is 5.92 Å². The molecular weight excluding hydrogens is 292 g/mol. The van der Waals surface area contributed by atoms with Gasteiger partial charge in [0.05, 0.1) is 12.2 Å². The van der Waals surface area contributed by atoms with Gasteiger partial charge in [-0.3, -0.25) is 4.79 Å². The van der Waals surface area contributed by atoms with E-state index in [1.165, 1.54) is 52.5 Å². The molecule has 0 unspecified atom stereocenters. The van der Waals surface area contributed by atoms with Gasteiger partial charge >= 0.3 is 5.97 Å². The van der Waals surface area contributed by atoms with Crippen LogP contribution in [-0.2, 0) is 14.3 Å². The van der Waals surface area contributed by atoms with Crippen molar-refractivity contribution in [3.63, 3.8) is 0 Å². The van der Waals surface area contributed by atoms with Crippen LogP contribution in [0.5, 0.6) is 0 Å². The molecule has 1 saturated carbocycles. The first-order valence-corrected chi connectivity index (χ1v) is 9.32. The third-order valence-corrected chi connectivity index (χ3v) is 5.66. The number of likely N-dealkylation sites (tertiary alicyclic amines) is 2. The van der Waals surface area contributed by atoms with E-state index in [1.807, 2.05) is 0 Å². The van der Waals surface area contributed by atoms with E-state index in [1.54, 1.807) is 0 Å². The maximum absolute atomic E-state index is 10.9. The third kappa shape index (κ3) is 5.16.